The lowest BCUT2D eigenvalue weighted by Gasteiger charge is -2.07. The van der Waals surface area contributed by atoms with Crippen LogP contribution in [0.3, 0.4) is 0 Å². The molecule has 0 aliphatic heterocycles. The summed E-state index contributed by atoms with van der Waals surface area (Å²) in [5, 5.41) is 9.31. The van der Waals surface area contributed by atoms with Gasteiger partial charge in [0.25, 0.3) is 0 Å². The molecular weight excluding hydrogens is 224 g/mol. The van der Waals surface area contributed by atoms with E-state index in [1.807, 2.05) is 31.7 Å². The normalized spacial score (nSPS) is 11.2. The SMILES string of the molecule is CN(C)CCSc1ccc(N=CNO)cn1. The predicted molar refractivity (Wildman–Crippen MR) is 66.6 cm³/mol. The van der Waals surface area contributed by atoms with Crippen molar-refractivity contribution >= 4 is 23.8 Å². The van der Waals surface area contributed by atoms with Crippen LogP contribution >= 0.6 is 11.8 Å². The molecule has 0 saturated heterocycles. The second-order valence-corrected chi connectivity index (χ2v) is 4.51. The molecule has 0 radical (unpaired) electrons. The second-order valence-electron chi connectivity index (χ2n) is 3.39. The zero-order chi connectivity index (χ0) is 11.8. The largest absolute Gasteiger partial charge is 0.309 e. The molecule has 0 saturated carbocycles. The summed E-state index contributed by atoms with van der Waals surface area (Å²) >= 11 is 1.71. The van der Waals surface area contributed by atoms with Gasteiger partial charge in [0, 0.05) is 12.3 Å². The lowest BCUT2D eigenvalue weighted by molar-refractivity contribution is 0.240. The Kier molecular flexibility index (Phi) is 5.84. The van der Waals surface area contributed by atoms with Crippen molar-refractivity contribution in [2.24, 2.45) is 4.99 Å². The Balaban J connectivity index is 2.42. The van der Waals surface area contributed by atoms with E-state index < -0.39 is 0 Å². The van der Waals surface area contributed by atoms with Gasteiger partial charge in [0.2, 0.25) is 0 Å². The van der Waals surface area contributed by atoms with Crippen molar-refractivity contribution < 1.29 is 5.21 Å². The molecule has 16 heavy (non-hydrogen) atoms. The minimum atomic E-state index is 0.707. The minimum Gasteiger partial charge on any atom is -0.309 e. The molecule has 1 aromatic rings. The van der Waals surface area contributed by atoms with Crippen LogP contribution in [0, 0.1) is 0 Å². The zero-order valence-electron chi connectivity index (χ0n) is 9.42. The van der Waals surface area contributed by atoms with Gasteiger partial charge >= 0.3 is 0 Å². The Morgan fingerprint density at radius 3 is 2.94 bits per heavy atom. The van der Waals surface area contributed by atoms with E-state index in [0.717, 1.165) is 17.3 Å². The third kappa shape index (κ3) is 5.11. The van der Waals surface area contributed by atoms with Crippen molar-refractivity contribution in [3.05, 3.63) is 18.3 Å². The van der Waals surface area contributed by atoms with Gasteiger partial charge in [0.05, 0.1) is 16.9 Å². The van der Waals surface area contributed by atoms with Crippen LogP contribution in [-0.2, 0) is 0 Å². The Morgan fingerprint density at radius 2 is 2.38 bits per heavy atom. The molecule has 2 N–H and O–H groups in total. The van der Waals surface area contributed by atoms with Gasteiger partial charge in [0.1, 0.15) is 6.34 Å². The molecule has 0 atom stereocenters. The van der Waals surface area contributed by atoms with E-state index >= 15 is 0 Å². The third-order valence-electron chi connectivity index (χ3n) is 1.78. The molecule has 1 aromatic heterocycles. The van der Waals surface area contributed by atoms with Crippen LogP contribution in [0.15, 0.2) is 28.3 Å². The van der Waals surface area contributed by atoms with Crippen molar-refractivity contribution in [2.75, 3.05) is 26.4 Å². The number of hydrogen-bond donors (Lipinski definition) is 2. The standard InChI is InChI=1S/C10H16N4OS/c1-14(2)5-6-16-10-4-3-9(7-11-10)12-8-13-15/h3-4,7-8,15H,5-6H2,1-2H3,(H,12,13). The van der Waals surface area contributed by atoms with Crippen LogP contribution in [0.2, 0.25) is 0 Å². The predicted octanol–water partition coefficient (Wildman–Crippen LogP) is 1.37. The number of nitrogens with zero attached hydrogens (tertiary/aromatic N) is 3. The molecular formula is C10H16N4OS. The first-order chi connectivity index (χ1) is 7.72. The maximum atomic E-state index is 8.32. The van der Waals surface area contributed by atoms with Crippen molar-refractivity contribution in [3.63, 3.8) is 0 Å². The number of aliphatic imine (C=N–C) groups is 1. The molecule has 0 unspecified atom stereocenters. The van der Waals surface area contributed by atoms with Crippen LogP contribution < -0.4 is 5.48 Å². The average Bonchev–Trinajstić information content (AvgIpc) is 2.27. The maximum Gasteiger partial charge on any atom is 0.113 e. The van der Waals surface area contributed by atoms with Gasteiger partial charge in [-0.1, -0.05) is 0 Å². The highest BCUT2D eigenvalue weighted by Gasteiger charge is 1.96. The summed E-state index contributed by atoms with van der Waals surface area (Å²) in [5.74, 6) is 1.01. The van der Waals surface area contributed by atoms with E-state index in [2.05, 4.69) is 14.9 Å². The molecule has 6 heteroatoms. The Bertz CT molecular complexity index is 326. The highest BCUT2D eigenvalue weighted by atomic mass is 32.2. The van der Waals surface area contributed by atoms with Crippen LogP contribution in [-0.4, -0.2) is 47.8 Å². The van der Waals surface area contributed by atoms with Crippen molar-refractivity contribution in [2.45, 2.75) is 5.03 Å². The first kappa shape index (κ1) is 13.0. The number of hydroxylamine groups is 1. The van der Waals surface area contributed by atoms with Gasteiger partial charge in [-0.25, -0.2) is 9.98 Å². The molecule has 0 aromatic carbocycles. The van der Waals surface area contributed by atoms with Gasteiger partial charge < -0.3 is 4.90 Å². The minimum absolute atomic E-state index is 0.707. The summed E-state index contributed by atoms with van der Waals surface area (Å²) in [7, 11) is 4.10. The summed E-state index contributed by atoms with van der Waals surface area (Å²) in [6, 6.07) is 3.78. The first-order valence-corrected chi connectivity index (χ1v) is 5.86. The van der Waals surface area contributed by atoms with E-state index in [-0.39, 0.29) is 0 Å². The highest BCUT2D eigenvalue weighted by Crippen LogP contribution is 2.17. The number of hydrogen-bond acceptors (Lipinski definition) is 5. The molecule has 5 nitrogen and oxygen atoms in total. The van der Waals surface area contributed by atoms with Gasteiger partial charge in [0.15, 0.2) is 0 Å². The second kappa shape index (κ2) is 7.21. The zero-order valence-corrected chi connectivity index (χ0v) is 10.2. The quantitative estimate of drug-likeness (QED) is 0.340. The molecule has 0 fully saturated rings. The monoisotopic (exact) mass is 240 g/mol. The molecule has 88 valence electrons. The van der Waals surface area contributed by atoms with E-state index in [4.69, 9.17) is 5.21 Å². The molecule has 1 rings (SSSR count). The highest BCUT2D eigenvalue weighted by molar-refractivity contribution is 7.99. The van der Waals surface area contributed by atoms with E-state index in [0.29, 0.717) is 5.69 Å². The Morgan fingerprint density at radius 1 is 1.56 bits per heavy atom. The summed E-state index contributed by atoms with van der Waals surface area (Å²) < 4.78 is 0. The summed E-state index contributed by atoms with van der Waals surface area (Å²) in [5.41, 5.74) is 2.55. The van der Waals surface area contributed by atoms with E-state index in [1.54, 1.807) is 18.0 Å². The molecule has 0 aliphatic carbocycles. The van der Waals surface area contributed by atoms with Gasteiger partial charge in [-0.15, -0.1) is 11.8 Å². The topological polar surface area (TPSA) is 60.8 Å². The van der Waals surface area contributed by atoms with Crippen LogP contribution in [0.4, 0.5) is 5.69 Å². The number of rotatable bonds is 6. The number of pyridine rings is 1. The first-order valence-electron chi connectivity index (χ1n) is 4.88. The molecule has 0 spiro atoms. The lowest BCUT2D eigenvalue weighted by atomic mass is 10.4. The fraction of sp³-hybridized carbons (Fsp3) is 0.400. The number of nitrogens with one attached hydrogen (secondary N) is 1. The van der Waals surface area contributed by atoms with Crippen molar-refractivity contribution in [3.8, 4) is 0 Å². The number of aromatic nitrogens is 1. The van der Waals surface area contributed by atoms with Crippen LogP contribution in [0.25, 0.3) is 0 Å². The molecule has 0 amide bonds. The Labute approximate surface area is 99.6 Å². The smallest absolute Gasteiger partial charge is 0.113 e. The lowest BCUT2D eigenvalue weighted by Crippen LogP contribution is -2.14. The van der Waals surface area contributed by atoms with Crippen LogP contribution in [0.5, 0.6) is 0 Å². The van der Waals surface area contributed by atoms with Gasteiger partial charge in [-0.3, -0.25) is 10.7 Å². The molecule has 0 bridgehead atoms. The Hall–Kier alpha value is -1.11. The maximum absolute atomic E-state index is 8.32. The third-order valence-corrected chi connectivity index (χ3v) is 2.70. The summed E-state index contributed by atoms with van der Waals surface area (Å²) in [6.07, 6.45) is 2.88. The van der Waals surface area contributed by atoms with E-state index in [1.165, 1.54) is 6.34 Å². The number of thioether (sulfide) groups is 1. The van der Waals surface area contributed by atoms with Crippen LogP contribution in [0.1, 0.15) is 0 Å². The van der Waals surface area contributed by atoms with Crippen molar-refractivity contribution in [1.82, 2.24) is 15.4 Å². The summed E-state index contributed by atoms with van der Waals surface area (Å²) in [4.78, 5) is 10.3. The van der Waals surface area contributed by atoms with Gasteiger partial charge in [-0.2, -0.15) is 0 Å². The molecule has 0 aliphatic rings. The van der Waals surface area contributed by atoms with E-state index in [9.17, 15) is 0 Å². The van der Waals surface area contributed by atoms with Crippen molar-refractivity contribution in [1.29, 1.82) is 0 Å². The summed E-state index contributed by atoms with van der Waals surface area (Å²) in [6.45, 7) is 1.03. The fourth-order valence-corrected chi connectivity index (χ4v) is 1.93. The fourth-order valence-electron chi connectivity index (χ4n) is 0.970. The van der Waals surface area contributed by atoms with Gasteiger partial charge in [-0.05, 0) is 26.2 Å². The molecule has 1 heterocycles. The average molecular weight is 240 g/mol.